The van der Waals surface area contributed by atoms with Crippen LogP contribution in [0.4, 0.5) is 20.3 Å². The number of nitrogens with one attached hydrogen (secondary N) is 1. The van der Waals surface area contributed by atoms with Crippen LogP contribution in [0.15, 0.2) is 12.3 Å². The Bertz CT molecular complexity index is 430. The minimum atomic E-state index is -3.16. The van der Waals surface area contributed by atoms with E-state index in [1.165, 1.54) is 0 Å². The molecule has 1 rings (SSSR count). The van der Waals surface area contributed by atoms with Crippen molar-refractivity contribution in [3.8, 4) is 0 Å². The summed E-state index contributed by atoms with van der Waals surface area (Å²) in [5.41, 5.74) is 4.36. The topological polar surface area (TPSA) is 94.1 Å². The fraction of sp³-hybridized carbons (Fsp3) is 0.375. The maximum absolute atomic E-state index is 12.8. The van der Waals surface area contributed by atoms with Gasteiger partial charge in [0.25, 0.3) is 5.92 Å². The van der Waals surface area contributed by atoms with Gasteiger partial charge in [0.15, 0.2) is 0 Å². The number of nitrogens with zero attached hydrogens (tertiary/aromatic N) is 2. The molecular weight excluding hydrogens is 258 g/mol. The molecule has 0 spiro atoms. The summed E-state index contributed by atoms with van der Waals surface area (Å²) in [6, 6.07) is 1.03. The minimum Gasteiger partial charge on any atom is -0.358 e. The highest BCUT2D eigenvalue weighted by Gasteiger charge is 2.28. The third-order valence-corrected chi connectivity index (χ3v) is 2.05. The van der Waals surface area contributed by atoms with Crippen LogP contribution in [0.3, 0.4) is 0 Å². The lowest BCUT2D eigenvalue weighted by Gasteiger charge is -2.14. The summed E-state index contributed by atoms with van der Waals surface area (Å²) in [6.07, 6.45) is 1.12. The predicted molar refractivity (Wildman–Crippen MR) is 58.4 cm³/mol. The molecular formula is C8H9ClF2N4O2. The van der Waals surface area contributed by atoms with E-state index >= 15 is 0 Å². The first kappa shape index (κ1) is 13.5. The zero-order chi connectivity index (χ0) is 13.1. The zero-order valence-electron chi connectivity index (χ0n) is 8.49. The molecule has 0 radical (unpaired) electrons. The number of nitro groups is 1. The average molecular weight is 267 g/mol. The second kappa shape index (κ2) is 5.19. The number of rotatable bonds is 5. The fourth-order valence-electron chi connectivity index (χ4n) is 0.989. The molecule has 0 saturated heterocycles. The Kier molecular flexibility index (Phi) is 4.13. The van der Waals surface area contributed by atoms with Crippen LogP contribution < -0.4 is 11.1 Å². The van der Waals surface area contributed by atoms with E-state index in [4.69, 9.17) is 17.3 Å². The van der Waals surface area contributed by atoms with Crippen LogP contribution in [0.2, 0.25) is 5.02 Å². The molecule has 0 atom stereocenters. The van der Waals surface area contributed by atoms with Crippen LogP contribution in [-0.4, -0.2) is 28.9 Å². The second-order valence-electron chi connectivity index (χ2n) is 3.19. The number of halogens is 3. The Balaban J connectivity index is 2.88. The Hall–Kier alpha value is -1.54. The van der Waals surface area contributed by atoms with Crippen LogP contribution in [0.1, 0.15) is 0 Å². The lowest BCUT2D eigenvalue weighted by molar-refractivity contribution is -0.384. The van der Waals surface area contributed by atoms with Gasteiger partial charge < -0.3 is 11.1 Å². The lowest BCUT2D eigenvalue weighted by atomic mass is 10.3. The number of alkyl halides is 2. The highest BCUT2D eigenvalue weighted by molar-refractivity contribution is 6.30. The third kappa shape index (κ3) is 3.75. The smallest absolute Gasteiger partial charge is 0.312 e. The largest absolute Gasteiger partial charge is 0.358 e. The number of nitrogens with two attached hydrogens (primary N) is 1. The van der Waals surface area contributed by atoms with Crippen LogP contribution in [0, 0.1) is 10.1 Å². The molecule has 0 amide bonds. The summed E-state index contributed by atoms with van der Waals surface area (Å²) in [4.78, 5) is 13.4. The van der Waals surface area contributed by atoms with Gasteiger partial charge >= 0.3 is 5.69 Å². The molecule has 17 heavy (non-hydrogen) atoms. The number of pyridine rings is 1. The van der Waals surface area contributed by atoms with Crippen molar-refractivity contribution in [2.75, 3.05) is 18.4 Å². The maximum Gasteiger partial charge on any atom is 0.312 e. The Morgan fingerprint density at radius 1 is 1.65 bits per heavy atom. The Labute approximate surface area is 99.9 Å². The van der Waals surface area contributed by atoms with E-state index in [0.29, 0.717) is 0 Å². The highest BCUT2D eigenvalue weighted by Crippen LogP contribution is 2.25. The standard InChI is InChI=1S/C8H9ClF2N4O2/c9-5-1-6(15(16)17)7(13-2-5)14-4-8(10,11)3-12/h1-2H,3-4,12H2,(H,13,14). The van der Waals surface area contributed by atoms with Gasteiger partial charge in [-0.25, -0.2) is 13.8 Å². The van der Waals surface area contributed by atoms with E-state index in [0.717, 1.165) is 12.3 Å². The molecule has 0 fully saturated rings. The van der Waals surface area contributed by atoms with Crippen LogP contribution in [0.5, 0.6) is 0 Å². The van der Waals surface area contributed by atoms with Crippen molar-refractivity contribution in [2.45, 2.75) is 5.92 Å². The molecule has 0 aliphatic rings. The molecule has 1 heterocycles. The lowest BCUT2D eigenvalue weighted by Crippen LogP contribution is -2.35. The molecule has 0 aliphatic heterocycles. The van der Waals surface area contributed by atoms with Gasteiger partial charge in [0.1, 0.15) is 0 Å². The first-order valence-electron chi connectivity index (χ1n) is 4.47. The molecule has 0 aliphatic carbocycles. The van der Waals surface area contributed by atoms with Gasteiger partial charge in [0.05, 0.1) is 23.0 Å². The van der Waals surface area contributed by atoms with Crippen molar-refractivity contribution < 1.29 is 13.7 Å². The van der Waals surface area contributed by atoms with Gasteiger partial charge in [0.2, 0.25) is 5.82 Å². The number of hydrogen-bond acceptors (Lipinski definition) is 5. The molecule has 0 unspecified atom stereocenters. The molecule has 1 aromatic heterocycles. The van der Waals surface area contributed by atoms with E-state index in [1.54, 1.807) is 0 Å². The monoisotopic (exact) mass is 266 g/mol. The molecule has 0 bridgehead atoms. The first-order valence-corrected chi connectivity index (χ1v) is 4.85. The van der Waals surface area contributed by atoms with Crippen molar-refractivity contribution in [2.24, 2.45) is 5.73 Å². The number of aromatic nitrogens is 1. The van der Waals surface area contributed by atoms with Gasteiger partial charge in [0, 0.05) is 12.3 Å². The summed E-state index contributed by atoms with van der Waals surface area (Å²) in [5.74, 6) is -3.43. The minimum absolute atomic E-state index is 0.0489. The van der Waals surface area contributed by atoms with Gasteiger partial charge in [-0.3, -0.25) is 10.1 Å². The van der Waals surface area contributed by atoms with Crippen molar-refractivity contribution in [3.63, 3.8) is 0 Å². The van der Waals surface area contributed by atoms with Gasteiger partial charge in [-0.1, -0.05) is 11.6 Å². The van der Waals surface area contributed by atoms with E-state index in [9.17, 15) is 18.9 Å². The Morgan fingerprint density at radius 2 is 2.29 bits per heavy atom. The van der Waals surface area contributed by atoms with E-state index in [-0.39, 0.29) is 10.8 Å². The Morgan fingerprint density at radius 3 is 2.82 bits per heavy atom. The van der Waals surface area contributed by atoms with Crippen LogP contribution in [0.25, 0.3) is 0 Å². The molecule has 9 heteroatoms. The molecule has 0 aromatic carbocycles. The molecule has 94 valence electrons. The SMILES string of the molecule is NCC(F)(F)CNc1ncc(Cl)cc1[N+](=O)[O-]. The normalized spacial score (nSPS) is 11.3. The predicted octanol–water partition coefficient (Wildman–Crippen LogP) is 1.65. The number of hydrogen-bond donors (Lipinski definition) is 2. The summed E-state index contributed by atoms with van der Waals surface area (Å²) >= 11 is 5.52. The van der Waals surface area contributed by atoms with E-state index in [2.05, 4.69) is 10.3 Å². The molecule has 6 nitrogen and oxygen atoms in total. The van der Waals surface area contributed by atoms with E-state index < -0.39 is 29.6 Å². The molecule has 0 saturated carbocycles. The van der Waals surface area contributed by atoms with Crippen molar-refractivity contribution in [1.82, 2.24) is 4.98 Å². The molecule has 1 aromatic rings. The zero-order valence-corrected chi connectivity index (χ0v) is 9.25. The van der Waals surface area contributed by atoms with Gasteiger partial charge in [-0.2, -0.15) is 0 Å². The van der Waals surface area contributed by atoms with Gasteiger partial charge in [-0.05, 0) is 0 Å². The average Bonchev–Trinajstić information content (AvgIpc) is 2.27. The second-order valence-corrected chi connectivity index (χ2v) is 3.63. The van der Waals surface area contributed by atoms with Crippen LogP contribution >= 0.6 is 11.6 Å². The van der Waals surface area contributed by atoms with Gasteiger partial charge in [-0.15, -0.1) is 0 Å². The fourth-order valence-corrected chi connectivity index (χ4v) is 1.14. The van der Waals surface area contributed by atoms with E-state index in [1.807, 2.05) is 0 Å². The van der Waals surface area contributed by atoms with Crippen molar-refractivity contribution in [1.29, 1.82) is 0 Å². The van der Waals surface area contributed by atoms with Crippen LogP contribution in [-0.2, 0) is 0 Å². The number of anilines is 1. The quantitative estimate of drug-likeness (QED) is 0.624. The van der Waals surface area contributed by atoms with Crippen molar-refractivity contribution >= 4 is 23.1 Å². The first-order chi connectivity index (χ1) is 7.85. The summed E-state index contributed by atoms with van der Waals surface area (Å²) in [7, 11) is 0. The summed E-state index contributed by atoms with van der Waals surface area (Å²) in [6.45, 7) is -1.69. The highest BCUT2D eigenvalue weighted by atomic mass is 35.5. The maximum atomic E-state index is 12.8. The van der Waals surface area contributed by atoms with Crippen molar-refractivity contribution in [3.05, 3.63) is 27.4 Å². The molecule has 3 N–H and O–H groups in total. The third-order valence-electron chi connectivity index (χ3n) is 1.84. The summed E-state index contributed by atoms with van der Waals surface area (Å²) in [5, 5.41) is 12.8. The summed E-state index contributed by atoms with van der Waals surface area (Å²) < 4.78 is 25.7.